The number of carboxylic acid groups (broad SMARTS) is 1. The third kappa shape index (κ3) is 4.62. The second kappa shape index (κ2) is 7.09. The van der Waals surface area contributed by atoms with Crippen molar-refractivity contribution in [3.63, 3.8) is 0 Å². The Kier molecular flexibility index (Phi) is 6.41. The summed E-state index contributed by atoms with van der Waals surface area (Å²) >= 11 is 0. The van der Waals surface area contributed by atoms with Gasteiger partial charge in [0.2, 0.25) is 0 Å². The monoisotopic (exact) mass is 196 g/mol. The van der Waals surface area contributed by atoms with Crippen LogP contribution in [0.1, 0.15) is 29.8 Å². The SMILES string of the molecule is CCO.CCc1ccc(C(=O)O)cc1. The van der Waals surface area contributed by atoms with Crippen molar-refractivity contribution in [2.24, 2.45) is 0 Å². The molecule has 0 bridgehead atoms. The highest BCUT2D eigenvalue weighted by atomic mass is 16.4. The quantitative estimate of drug-likeness (QED) is 0.760. The van der Waals surface area contributed by atoms with Gasteiger partial charge in [-0.3, -0.25) is 0 Å². The average Bonchev–Trinajstić information content (AvgIpc) is 2.19. The third-order valence-corrected chi connectivity index (χ3v) is 1.61. The summed E-state index contributed by atoms with van der Waals surface area (Å²) in [5.41, 5.74) is 1.51. The van der Waals surface area contributed by atoms with Gasteiger partial charge in [0.1, 0.15) is 0 Å². The fraction of sp³-hybridized carbons (Fsp3) is 0.364. The van der Waals surface area contributed by atoms with Gasteiger partial charge in [-0.15, -0.1) is 0 Å². The smallest absolute Gasteiger partial charge is 0.335 e. The van der Waals surface area contributed by atoms with Crippen molar-refractivity contribution in [2.75, 3.05) is 6.61 Å². The maximum atomic E-state index is 10.4. The fourth-order valence-corrected chi connectivity index (χ4v) is 0.883. The van der Waals surface area contributed by atoms with Gasteiger partial charge in [0.15, 0.2) is 0 Å². The molecule has 0 aromatic heterocycles. The molecule has 0 radical (unpaired) electrons. The number of aliphatic hydroxyl groups excluding tert-OH is 1. The van der Waals surface area contributed by atoms with E-state index in [9.17, 15) is 4.79 Å². The molecule has 1 aromatic carbocycles. The van der Waals surface area contributed by atoms with E-state index < -0.39 is 5.97 Å². The molecular formula is C11H16O3. The first-order valence-electron chi connectivity index (χ1n) is 4.58. The topological polar surface area (TPSA) is 57.5 Å². The van der Waals surface area contributed by atoms with E-state index in [1.165, 1.54) is 0 Å². The zero-order valence-corrected chi connectivity index (χ0v) is 8.53. The Morgan fingerprint density at radius 2 is 1.64 bits per heavy atom. The summed E-state index contributed by atoms with van der Waals surface area (Å²) in [6.45, 7) is 3.97. The van der Waals surface area contributed by atoms with Crippen molar-refractivity contribution in [3.8, 4) is 0 Å². The second-order valence-corrected chi connectivity index (χ2v) is 2.67. The standard InChI is InChI=1S/C9H10O2.C2H6O/c1-2-7-3-5-8(6-4-7)9(10)11;1-2-3/h3-6H,2H2,1H3,(H,10,11);3H,2H2,1H3. The Morgan fingerprint density at radius 1 is 1.21 bits per heavy atom. The van der Waals surface area contributed by atoms with E-state index in [0.29, 0.717) is 5.56 Å². The summed E-state index contributed by atoms with van der Waals surface area (Å²) < 4.78 is 0. The minimum Gasteiger partial charge on any atom is -0.478 e. The largest absolute Gasteiger partial charge is 0.478 e. The Bertz CT molecular complexity index is 264. The van der Waals surface area contributed by atoms with Crippen molar-refractivity contribution < 1.29 is 15.0 Å². The first-order valence-corrected chi connectivity index (χ1v) is 4.58. The number of aryl methyl sites for hydroxylation is 1. The number of carbonyl (C=O) groups is 1. The number of benzene rings is 1. The van der Waals surface area contributed by atoms with E-state index in [1.807, 2.05) is 19.1 Å². The van der Waals surface area contributed by atoms with Crippen molar-refractivity contribution in [1.29, 1.82) is 0 Å². The van der Waals surface area contributed by atoms with Crippen LogP contribution in [0.15, 0.2) is 24.3 Å². The van der Waals surface area contributed by atoms with Crippen LogP contribution in [0.3, 0.4) is 0 Å². The van der Waals surface area contributed by atoms with Gasteiger partial charge in [0, 0.05) is 6.61 Å². The highest BCUT2D eigenvalue weighted by molar-refractivity contribution is 5.87. The van der Waals surface area contributed by atoms with Crippen molar-refractivity contribution in [1.82, 2.24) is 0 Å². The average molecular weight is 196 g/mol. The van der Waals surface area contributed by atoms with E-state index in [1.54, 1.807) is 19.1 Å². The molecule has 0 atom stereocenters. The lowest BCUT2D eigenvalue weighted by Crippen LogP contribution is -1.95. The van der Waals surface area contributed by atoms with Gasteiger partial charge < -0.3 is 10.2 Å². The lowest BCUT2D eigenvalue weighted by Gasteiger charge is -1.96. The van der Waals surface area contributed by atoms with Crippen LogP contribution >= 0.6 is 0 Å². The van der Waals surface area contributed by atoms with Crippen molar-refractivity contribution >= 4 is 5.97 Å². The van der Waals surface area contributed by atoms with E-state index >= 15 is 0 Å². The predicted octanol–water partition coefficient (Wildman–Crippen LogP) is 1.95. The van der Waals surface area contributed by atoms with Crippen LogP contribution in [0, 0.1) is 0 Å². The van der Waals surface area contributed by atoms with Crippen LogP contribution in [0.2, 0.25) is 0 Å². The van der Waals surface area contributed by atoms with Crippen LogP contribution < -0.4 is 0 Å². The molecule has 3 heteroatoms. The van der Waals surface area contributed by atoms with Crippen molar-refractivity contribution in [3.05, 3.63) is 35.4 Å². The summed E-state index contributed by atoms with van der Waals surface area (Å²) in [5, 5.41) is 16.1. The van der Waals surface area contributed by atoms with Gasteiger partial charge in [-0.1, -0.05) is 19.1 Å². The Morgan fingerprint density at radius 3 is 1.93 bits per heavy atom. The first kappa shape index (κ1) is 12.7. The number of hydrogen-bond donors (Lipinski definition) is 2. The number of rotatable bonds is 2. The van der Waals surface area contributed by atoms with Crippen LogP contribution in [-0.4, -0.2) is 22.8 Å². The van der Waals surface area contributed by atoms with Crippen LogP contribution in [0.5, 0.6) is 0 Å². The molecule has 1 aromatic rings. The van der Waals surface area contributed by atoms with Gasteiger partial charge in [-0.25, -0.2) is 4.79 Å². The number of aliphatic hydroxyl groups is 1. The van der Waals surface area contributed by atoms with Gasteiger partial charge >= 0.3 is 5.97 Å². The molecule has 1 rings (SSSR count). The number of aromatic carboxylic acids is 1. The summed E-state index contributed by atoms with van der Waals surface area (Å²) in [7, 11) is 0. The second-order valence-electron chi connectivity index (χ2n) is 2.67. The summed E-state index contributed by atoms with van der Waals surface area (Å²) in [6, 6.07) is 6.93. The van der Waals surface area contributed by atoms with Gasteiger partial charge in [-0.2, -0.15) is 0 Å². The highest BCUT2D eigenvalue weighted by Crippen LogP contribution is 2.04. The lowest BCUT2D eigenvalue weighted by atomic mass is 10.1. The Balaban J connectivity index is 0.000000500. The van der Waals surface area contributed by atoms with Crippen LogP contribution in [-0.2, 0) is 6.42 Å². The Labute approximate surface area is 84.0 Å². The van der Waals surface area contributed by atoms with E-state index in [0.717, 1.165) is 12.0 Å². The molecule has 0 heterocycles. The molecule has 0 aliphatic carbocycles. The molecule has 0 amide bonds. The molecule has 0 fully saturated rings. The molecule has 0 aliphatic heterocycles. The molecule has 0 aliphatic rings. The van der Waals surface area contributed by atoms with Crippen LogP contribution in [0.4, 0.5) is 0 Å². The van der Waals surface area contributed by atoms with Gasteiger partial charge in [0.25, 0.3) is 0 Å². The lowest BCUT2D eigenvalue weighted by molar-refractivity contribution is 0.0697. The molecule has 0 saturated carbocycles. The Hall–Kier alpha value is -1.35. The number of carboxylic acids is 1. The minimum atomic E-state index is -0.868. The fourth-order valence-electron chi connectivity index (χ4n) is 0.883. The van der Waals surface area contributed by atoms with Gasteiger partial charge in [-0.05, 0) is 31.0 Å². The van der Waals surface area contributed by atoms with E-state index in [4.69, 9.17) is 10.2 Å². The normalized spacial score (nSPS) is 8.79. The maximum Gasteiger partial charge on any atom is 0.335 e. The number of hydrogen-bond acceptors (Lipinski definition) is 2. The minimum absolute atomic E-state index is 0.250. The van der Waals surface area contributed by atoms with E-state index in [-0.39, 0.29) is 6.61 Å². The molecular weight excluding hydrogens is 180 g/mol. The summed E-state index contributed by atoms with van der Waals surface area (Å²) in [6.07, 6.45) is 0.944. The molecule has 14 heavy (non-hydrogen) atoms. The predicted molar refractivity (Wildman–Crippen MR) is 55.5 cm³/mol. The van der Waals surface area contributed by atoms with Crippen molar-refractivity contribution in [2.45, 2.75) is 20.3 Å². The first-order chi connectivity index (χ1) is 6.65. The third-order valence-electron chi connectivity index (χ3n) is 1.61. The molecule has 2 N–H and O–H groups in total. The molecule has 0 unspecified atom stereocenters. The molecule has 78 valence electrons. The molecule has 0 saturated heterocycles. The summed E-state index contributed by atoms with van der Waals surface area (Å²) in [4.78, 5) is 10.4. The summed E-state index contributed by atoms with van der Waals surface area (Å²) in [5.74, 6) is -0.868. The highest BCUT2D eigenvalue weighted by Gasteiger charge is 1.99. The molecule has 3 nitrogen and oxygen atoms in total. The zero-order valence-electron chi connectivity index (χ0n) is 8.53. The molecule has 0 spiro atoms. The van der Waals surface area contributed by atoms with E-state index in [2.05, 4.69) is 0 Å². The zero-order chi connectivity index (χ0) is 11.0. The van der Waals surface area contributed by atoms with Crippen LogP contribution in [0.25, 0.3) is 0 Å². The van der Waals surface area contributed by atoms with Gasteiger partial charge in [0.05, 0.1) is 5.56 Å². The maximum absolute atomic E-state index is 10.4.